The SMILES string of the molecule is CCOC(=O)NC1CCCc2nc(C)cc(C)c21. The van der Waals surface area contributed by atoms with Crippen molar-refractivity contribution in [1.29, 1.82) is 0 Å². The molecular formula is C14H20N2O2. The normalized spacial score (nSPS) is 18.1. The van der Waals surface area contributed by atoms with Gasteiger partial charge in [0, 0.05) is 11.4 Å². The van der Waals surface area contributed by atoms with E-state index in [0.29, 0.717) is 6.61 Å². The molecule has 1 aromatic heterocycles. The lowest BCUT2D eigenvalue weighted by Crippen LogP contribution is -2.32. The topological polar surface area (TPSA) is 51.2 Å². The molecule has 4 heteroatoms. The van der Waals surface area contributed by atoms with Crippen molar-refractivity contribution in [3.05, 3.63) is 28.6 Å². The first-order valence-electron chi connectivity index (χ1n) is 6.52. The van der Waals surface area contributed by atoms with Crippen molar-refractivity contribution in [1.82, 2.24) is 10.3 Å². The predicted molar refractivity (Wildman–Crippen MR) is 69.5 cm³/mol. The highest BCUT2D eigenvalue weighted by atomic mass is 16.5. The van der Waals surface area contributed by atoms with Crippen LogP contribution in [0.4, 0.5) is 4.79 Å². The Morgan fingerprint density at radius 1 is 1.56 bits per heavy atom. The van der Waals surface area contributed by atoms with Gasteiger partial charge in [0.1, 0.15) is 0 Å². The zero-order chi connectivity index (χ0) is 13.1. The summed E-state index contributed by atoms with van der Waals surface area (Å²) in [4.78, 5) is 16.1. The summed E-state index contributed by atoms with van der Waals surface area (Å²) in [6.45, 7) is 6.30. The quantitative estimate of drug-likeness (QED) is 0.875. The van der Waals surface area contributed by atoms with Crippen molar-refractivity contribution in [2.75, 3.05) is 6.61 Å². The van der Waals surface area contributed by atoms with Crippen LogP contribution >= 0.6 is 0 Å². The number of alkyl carbamates (subject to hydrolysis) is 1. The smallest absolute Gasteiger partial charge is 0.407 e. The van der Waals surface area contributed by atoms with Crippen molar-refractivity contribution < 1.29 is 9.53 Å². The highest BCUT2D eigenvalue weighted by Crippen LogP contribution is 2.31. The van der Waals surface area contributed by atoms with Crippen LogP contribution in [0.15, 0.2) is 6.07 Å². The van der Waals surface area contributed by atoms with Crippen LogP contribution in [0.1, 0.15) is 48.3 Å². The van der Waals surface area contributed by atoms with Gasteiger partial charge in [0.25, 0.3) is 0 Å². The van der Waals surface area contributed by atoms with Crippen LogP contribution in [-0.4, -0.2) is 17.7 Å². The van der Waals surface area contributed by atoms with Gasteiger partial charge in [0.05, 0.1) is 12.6 Å². The summed E-state index contributed by atoms with van der Waals surface area (Å²) in [6, 6.07) is 2.12. The number of rotatable bonds is 2. The molecule has 0 saturated heterocycles. The number of carbonyl (C=O) groups excluding carboxylic acids is 1. The maximum absolute atomic E-state index is 11.5. The summed E-state index contributed by atoms with van der Waals surface area (Å²) in [7, 11) is 0. The fourth-order valence-electron chi connectivity index (χ4n) is 2.67. The number of pyridine rings is 1. The lowest BCUT2D eigenvalue weighted by atomic mass is 9.88. The second-order valence-electron chi connectivity index (χ2n) is 4.75. The second-order valence-corrected chi connectivity index (χ2v) is 4.75. The van der Waals surface area contributed by atoms with Crippen LogP contribution in [0.25, 0.3) is 0 Å². The molecule has 1 atom stereocenters. The van der Waals surface area contributed by atoms with Crippen molar-refractivity contribution in [3.63, 3.8) is 0 Å². The number of nitrogens with zero attached hydrogens (tertiary/aromatic N) is 1. The monoisotopic (exact) mass is 248 g/mol. The number of hydrogen-bond donors (Lipinski definition) is 1. The summed E-state index contributed by atoms with van der Waals surface area (Å²) in [5.41, 5.74) is 4.56. The molecule has 0 radical (unpaired) electrons. The molecular weight excluding hydrogens is 228 g/mol. The molecule has 1 unspecified atom stereocenters. The standard InChI is InChI=1S/C14H20N2O2/c1-4-18-14(17)16-12-7-5-6-11-13(12)9(2)8-10(3)15-11/h8,12H,4-7H2,1-3H3,(H,16,17). The van der Waals surface area contributed by atoms with Gasteiger partial charge in [-0.25, -0.2) is 4.79 Å². The van der Waals surface area contributed by atoms with E-state index in [9.17, 15) is 4.79 Å². The van der Waals surface area contributed by atoms with Crippen LogP contribution in [-0.2, 0) is 11.2 Å². The zero-order valence-corrected chi connectivity index (χ0v) is 11.2. The van der Waals surface area contributed by atoms with Crippen LogP contribution < -0.4 is 5.32 Å². The van der Waals surface area contributed by atoms with E-state index in [1.165, 1.54) is 11.1 Å². The molecule has 1 heterocycles. The Balaban J connectivity index is 2.25. The van der Waals surface area contributed by atoms with Crippen molar-refractivity contribution >= 4 is 6.09 Å². The molecule has 2 rings (SSSR count). The Hall–Kier alpha value is -1.58. The highest BCUT2D eigenvalue weighted by molar-refractivity contribution is 5.68. The predicted octanol–water partition coefficient (Wildman–Crippen LogP) is 2.82. The molecule has 1 aliphatic rings. The van der Waals surface area contributed by atoms with E-state index in [1.807, 2.05) is 13.8 Å². The molecule has 98 valence electrons. The summed E-state index contributed by atoms with van der Waals surface area (Å²) < 4.78 is 4.95. The fraction of sp³-hybridized carbons (Fsp3) is 0.571. The third-order valence-corrected chi connectivity index (χ3v) is 3.29. The van der Waals surface area contributed by atoms with Gasteiger partial charge in [-0.1, -0.05) is 0 Å². The van der Waals surface area contributed by atoms with Crippen LogP contribution in [0.2, 0.25) is 0 Å². The molecule has 1 aliphatic carbocycles. The van der Waals surface area contributed by atoms with Gasteiger partial charge in [-0.15, -0.1) is 0 Å². The maximum atomic E-state index is 11.5. The molecule has 0 fully saturated rings. The van der Waals surface area contributed by atoms with Crippen molar-refractivity contribution in [2.45, 2.75) is 46.1 Å². The Labute approximate surface area is 108 Å². The Kier molecular flexibility index (Phi) is 3.84. The van der Waals surface area contributed by atoms with Crippen LogP contribution in [0, 0.1) is 13.8 Å². The van der Waals surface area contributed by atoms with Gasteiger partial charge in [0.2, 0.25) is 0 Å². The summed E-state index contributed by atoms with van der Waals surface area (Å²) in [6.07, 6.45) is 2.67. The van der Waals surface area contributed by atoms with Crippen LogP contribution in [0.3, 0.4) is 0 Å². The highest BCUT2D eigenvalue weighted by Gasteiger charge is 2.25. The first-order valence-corrected chi connectivity index (χ1v) is 6.52. The molecule has 0 bridgehead atoms. The third-order valence-electron chi connectivity index (χ3n) is 3.29. The number of nitrogens with one attached hydrogen (secondary N) is 1. The van der Waals surface area contributed by atoms with E-state index in [-0.39, 0.29) is 12.1 Å². The molecule has 0 saturated carbocycles. The summed E-state index contributed by atoms with van der Waals surface area (Å²) >= 11 is 0. The molecule has 4 nitrogen and oxygen atoms in total. The molecule has 0 aliphatic heterocycles. The molecule has 18 heavy (non-hydrogen) atoms. The number of hydrogen-bond acceptors (Lipinski definition) is 3. The number of ether oxygens (including phenoxy) is 1. The molecule has 1 aromatic rings. The lowest BCUT2D eigenvalue weighted by Gasteiger charge is -2.27. The summed E-state index contributed by atoms with van der Waals surface area (Å²) in [5, 5.41) is 2.94. The Morgan fingerprint density at radius 2 is 2.33 bits per heavy atom. The number of amides is 1. The molecule has 0 aromatic carbocycles. The summed E-state index contributed by atoms with van der Waals surface area (Å²) in [5.74, 6) is 0. The van der Waals surface area contributed by atoms with Crippen molar-refractivity contribution in [3.8, 4) is 0 Å². The Bertz CT molecular complexity index is 457. The van der Waals surface area contributed by atoms with Gasteiger partial charge in [-0.05, 0) is 57.2 Å². The van der Waals surface area contributed by atoms with Crippen LogP contribution in [0.5, 0.6) is 0 Å². The second kappa shape index (κ2) is 5.38. The average Bonchev–Trinajstić information content (AvgIpc) is 2.28. The van der Waals surface area contributed by atoms with Gasteiger partial charge >= 0.3 is 6.09 Å². The first-order chi connectivity index (χ1) is 8.61. The number of fused-ring (bicyclic) bond motifs is 1. The molecule has 1 N–H and O–H groups in total. The minimum absolute atomic E-state index is 0.0425. The van der Waals surface area contributed by atoms with Crippen molar-refractivity contribution in [2.24, 2.45) is 0 Å². The fourth-order valence-corrected chi connectivity index (χ4v) is 2.67. The Morgan fingerprint density at radius 3 is 3.06 bits per heavy atom. The minimum Gasteiger partial charge on any atom is -0.450 e. The van der Waals surface area contributed by atoms with E-state index in [0.717, 1.165) is 30.7 Å². The lowest BCUT2D eigenvalue weighted by molar-refractivity contribution is 0.146. The zero-order valence-electron chi connectivity index (χ0n) is 11.2. The van der Waals surface area contributed by atoms with E-state index in [2.05, 4.69) is 23.3 Å². The molecule has 0 spiro atoms. The van der Waals surface area contributed by atoms with E-state index < -0.39 is 0 Å². The maximum Gasteiger partial charge on any atom is 0.407 e. The van der Waals surface area contributed by atoms with Gasteiger partial charge in [0.15, 0.2) is 0 Å². The van der Waals surface area contributed by atoms with E-state index in [4.69, 9.17) is 4.74 Å². The number of aromatic nitrogens is 1. The minimum atomic E-state index is -0.338. The number of aryl methyl sites for hydroxylation is 3. The van der Waals surface area contributed by atoms with Gasteiger partial charge in [-0.2, -0.15) is 0 Å². The first kappa shape index (κ1) is 12.9. The number of carbonyl (C=O) groups is 1. The molecule has 1 amide bonds. The average molecular weight is 248 g/mol. The van der Waals surface area contributed by atoms with Gasteiger partial charge in [-0.3, -0.25) is 4.98 Å². The largest absolute Gasteiger partial charge is 0.450 e. The van der Waals surface area contributed by atoms with E-state index >= 15 is 0 Å². The van der Waals surface area contributed by atoms with E-state index in [1.54, 1.807) is 0 Å². The third kappa shape index (κ3) is 2.63. The van der Waals surface area contributed by atoms with Gasteiger partial charge < -0.3 is 10.1 Å².